The zero-order chi connectivity index (χ0) is 27.2. The van der Waals surface area contributed by atoms with E-state index in [9.17, 15) is 72.7 Å². The average Bonchev–Trinajstić information content (AvgIpc) is 3.18. The minimum absolute atomic E-state index is 0.207. The summed E-state index contributed by atoms with van der Waals surface area (Å²) in [5, 5.41) is 21.9. The van der Waals surface area contributed by atoms with Gasteiger partial charge in [0.1, 0.15) is 17.9 Å². The van der Waals surface area contributed by atoms with Crippen LogP contribution in [0.15, 0.2) is 6.33 Å². The summed E-state index contributed by atoms with van der Waals surface area (Å²) in [5.41, 5.74) is -2.27. The summed E-state index contributed by atoms with van der Waals surface area (Å²) < 4.78 is 53.6. The van der Waals surface area contributed by atoms with Gasteiger partial charge in [-0.1, -0.05) is 0 Å². The van der Waals surface area contributed by atoms with E-state index in [0.717, 1.165) is 0 Å². The molecule has 21 nitrogen and oxygen atoms in total. The van der Waals surface area contributed by atoms with Crippen LogP contribution in [0.25, 0.3) is 11.2 Å². The fourth-order valence-electron chi connectivity index (χ4n) is 3.68. The monoisotopic (exact) mass is 587 g/mol. The third-order valence-corrected chi connectivity index (χ3v) is 10.6. The highest BCUT2D eigenvalue weighted by molar-refractivity contribution is 7.61. The number of hydrogen-bond acceptors (Lipinski definition) is 12. The van der Waals surface area contributed by atoms with Gasteiger partial charge in [-0.15, -0.1) is 0 Å². The molecule has 13 N–H and O–H groups in total. The summed E-state index contributed by atoms with van der Waals surface area (Å²) in [6, 6.07) is 0. The van der Waals surface area contributed by atoms with Crippen LogP contribution in [0, 0.1) is 0 Å². The van der Waals surface area contributed by atoms with Crippen LogP contribution in [0.2, 0.25) is 0 Å². The van der Waals surface area contributed by atoms with Crippen LogP contribution >= 0.6 is 30.4 Å². The molecule has 0 saturated carbocycles. The summed E-state index contributed by atoms with van der Waals surface area (Å²) in [6.07, 6.45) is -2.79. The minimum atomic E-state index is -6.78. The number of nitrogens with two attached hydrogens (primary N) is 1. The molecule has 35 heavy (non-hydrogen) atoms. The van der Waals surface area contributed by atoms with Gasteiger partial charge in [0.2, 0.25) is 10.9 Å². The maximum Gasteiger partial charge on any atom is 0.393 e. The molecule has 0 unspecified atom stereocenters. The lowest BCUT2D eigenvalue weighted by Crippen LogP contribution is -2.63. The zero-order valence-corrected chi connectivity index (χ0v) is 20.1. The SMILES string of the molecule is Nc1nc(P(=O)(O)O)nc2c1ncn2[C@]1(P(=O)(O)O)O[C@H](CO)[C@](O)(P(=O)(O)O)[C@]1(O)P(=O)(O)O. The molecule has 0 radical (unpaired) electrons. The smallest absolute Gasteiger partial charge is 0.393 e. The van der Waals surface area contributed by atoms with E-state index < -0.39 is 81.8 Å². The molecule has 1 aliphatic rings. The van der Waals surface area contributed by atoms with Crippen LogP contribution in [0.1, 0.15) is 0 Å². The molecule has 0 amide bonds. The van der Waals surface area contributed by atoms with E-state index in [1.54, 1.807) is 0 Å². The van der Waals surface area contributed by atoms with E-state index in [1.807, 2.05) is 0 Å². The largest absolute Gasteiger partial charge is 0.394 e. The zero-order valence-electron chi connectivity index (χ0n) is 16.5. The summed E-state index contributed by atoms with van der Waals surface area (Å²) in [6.45, 7) is -1.79. The number of rotatable bonds is 6. The van der Waals surface area contributed by atoms with Gasteiger partial charge in [0.15, 0.2) is 11.5 Å². The van der Waals surface area contributed by atoms with Crippen molar-refractivity contribution >= 4 is 52.9 Å². The number of anilines is 1. The van der Waals surface area contributed by atoms with Crippen molar-refractivity contribution in [3.8, 4) is 0 Å². The van der Waals surface area contributed by atoms with Gasteiger partial charge in [-0.25, -0.2) is 15.0 Å². The fourth-order valence-corrected chi connectivity index (χ4v) is 9.25. The number of hydrogen-bond donors (Lipinski definition) is 12. The Hall–Kier alpha value is -1.21. The molecule has 0 aromatic carbocycles. The van der Waals surface area contributed by atoms with Crippen molar-refractivity contribution < 1.29 is 77.5 Å². The molecule has 0 spiro atoms. The summed E-state index contributed by atoms with van der Waals surface area (Å²) in [5.74, 6) is -0.866. The second-order valence-corrected chi connectivity index (χ2v) is 13.9. The Kier molecular flexibility index (Phi) is 6.40. The molecule has 2 aromatic rings. The van der Waals surface area contributed by atoms with Crippen LogP contribution in [0.5, 0.6) is 0 Å². The molecular weight excluding hydrogens is 570 g/mol. The van der Waals surface area contributed by atoms with Crippen molar-refractivity contribution in [3.05, 3.63) is 6.33 Å². The van der Waals surface area contributed by atoms with Gasteiger partial charge in [0.25, 0.3) is 10.8 Å². The third-order valence-electron chi connectivity index (χ3n) is 5.15. The first-order valence-electron chi connectivity index (χ1n) is 8.50. The Balaban J connectivity index is 2.65. The van der Waals surface area contributed by atoms with Gasteiger partial charge in [0.05, 0.1) is 6.61 Å². The van der Waals surface area contributed by atoms with Crippen LogP contribution in [-0.4, -0.2) is 97.4 Å². The van der Waals surface area contributed by atoms with Crippen LogP contribution in [0.3, 0.4) is 0 Å². The Labute approximate surface area is 191 Å². The van der Waals surface area contributed by atoms with E-state index in [-0.39, 0.29) is 10.9 Å². The van der Waals surface area contributed by atoms with Gasteiger partial charge in [-0.2, -0.15) is 0 Å². The first-order chi connectivity index (χ1) is 15.5. The van der Waals surface area contributed by atoms with Crippen LogP contribution in [-0.2, 0) is 28.5 Å². The van der Waals surface area contributed by atoms with E-state index in [0.29, 0.717) is 0 Å². The van der Waals surface area contributed by atoms with E-state index in [4.69, 9.17) is 10.5 Å². The van der Waals surface area contributed by atoms with Crippen molar-refractivity contribution in [1.29, 1.82) is 0 Å². The first kappa shape index (κ1) is 28.4. The Morgan fingerprint density at radius 3 is 1.89 bits per heavy atom. The molecular formula is C10H17N5O16P4. The maximum absolute atomic E-state index is 12.7. The fraction of sp³-hybridized carbons (Fsp3) is 0.500. The normalized spacial score (nSPS) is 30.8. The number of aliphatic hydroxyl groups excluding tert-OH is 1. The Morgan fingerprint density at radius 2 is 1.49 bits per heavy atom. The van der Waals surface area contributed by atoms with Gasteiger partial charge < -0.3 is 64.9 Å². The molecule has 1 saturated heterocycles. The predicted molar refractivity (Wildman–Crippen MR) is 107 cm³/mol. The standard InChI is InChI=1S/C10H17N5O16P4/c11-5-4-6(14-7(13-5)32(19,20)21)15(2-12-4)10(35(28,29)30)9(18,34(25,26)27)8(17,33(22,23)24)3(1-16)31-10/h2-3,16-18H,1H2,(H2,11,13,14)(H2,19,20,21)(H2,22,23,24)(H2,25,26,27)(H2,28,29,30)/t3-,8+,9+,10+/m1/s1. The lowest BCUT2D eigenvalue weighted by molar-refractivity contribution is -0.122. The van der Waals surface area contributed by atoms with Gasteiger partial charge in [-0.05, 0) is 0 Å². The lowest BCUT2D eigenvalue weighted by atomic mass is 10.1. The molecule has 198 valence electrons. The number of fused-ring (bicyclic) bond motifs is 1. The first-order valence-corrected chi connectivity index (χ1v) is 14.9. The quantitative estimate of drug-likeness (QED) is 0.141. The second kappa shape index (κ2) is 7.89. The van der Waals surface area contributed by atoms with E-state index in [1.165, 1.54) is 0 Å². The summed E-state index contributed by atoms with van der Waals surface area (Å²) in [7, 11) is -25.2. The molecule has 3 rings (SSSR count). The molecule has 0 bridgehead atoms. The Bertz CT molecular complexity index is 1390. The molecule has 1 aliphatic heterocycles. The second-order valence-electron chi connectivity index (χ2n) is 7.17. The molecule has 0 aliphatic carbocycles. The van der Waals surface area contributed by atoms with Crippen molar-refractivity contribution in [2.45, 2.75) is 22.3 Å². The average molecular weight is 587 g/mol. The molecule has 1 fully saturated rings. The lowest BCUT2D eigenvalue weighted by Gasteiger charge is -2.45. The molecule has 4 atom stereocenters. The summed E-state index contributed by atoms with van der Waals surface area (Å²) in [4.78, 5) is 88.4. The maximum atomic E-state index is 12.7. The number of imidazole rings is 1. The highest BCUT2D eigenvalue weighted by Gasteiger charge is 2.91. The number of nitrogens with zero attached hydrogens (tertiary/aromatic N) is 4. The van der Waals surface area contributed by atoms with Gasteiger partial charge in [-0.3, -0.25) is 22.8 Å². The predicted octanol–water partition coefficient (Wildman–Crippen LogP) is -4.88. The highest BCUT2D eigenvalue weighted by Crippen LogP contribution is 2.81. The van der Waals surface area contributed by atoms with Gasteiger partial charge in [0, 0.05) is 0 Å². The van der Waals surface area contributed by atoms with Crippen LogP contribution < -0.4 is 11.3 Å². The van der Waals surface area contributed by atoms with E-state index in [2.05, 4.69) is 15.0 Å². The number of aliphatic hydroxyl groups is 3. The highest BCUT2D eigenvalue weighted by atomic mass is 31.2. The number of ether oxygens (including phenoxy) is 1. The van der Waals surface area contributed by atoms with Gasteiger partial charge >= 0.3 is 30.4 Å². The summed E-state index contributed by atoms with van der Waals surface area (Å²) >= 11 is 0. The van der Waals surface area contributed by atoms with Crippen molar-refractivity contribution in [3.63, 3.8) is 0 Å². The molecule has 3 heterocycles. The number of aromatic nitrogens is 4. The Morgan fingerprint density at radius 1 is 0.943 bits per heavy atom. The topological polar surface area (TPSA) is 370 Å². The van der Waals surface area contributed by atoms with E-state index >= 15 is 0 Å². The van der Waals surface area contributed by atoms with Crippen molar-refractivity contribution in [1.82, 2.24) is 19.5 Å². The third kappa shape index (κ3) is 3.53. The van der Waals surface area contributed by atoms with Crippen molar-refractivity contribution in [2.75, 3.05) is 12.3 Å². The molecule has 2 aromatic heterocycles. The molecule has 25 heteroatoms. The minimum Gasteiger partial charge on any atom is -0.394 e. The number of nitrogen functional groups attached to an aromatic ring is 1. The van der Waals surface area contributed by atoms with Crippen molar-refractivity contribution in [2.24, 2.45) is 0 Å². The van der Waals surface area contributed by atoms with Crippen LogP contribution in [0.4, 0.5) is 5.82 Å².